The molecule has 0 unspecified atom stereocenters. The number of carbonyl (C=O) groups excluding carboxylic acids is 1. The zero-order chi connectivity index (χ0) is 18.7. The second kappa shape index (κ2) is 7.55. The zero-order valence-corrected chi connectivity index (χ0v) is 15.5. The zero-order valence-electron chi connectivity index (χ0n) is 14.7. The largest absolute Gasteiger partial charge is 0.369 e. The summed E-state index contributed by atoms with van der Waals surface area (Å²) in [5, 5.41) is 4.41. The minimum Gasteiger partial charge on any atom is -0.369 e. The number of nitrogens with zero attached hydrogens (tertiary/aromatic N) is 4. The van der Waals surface area contributed by atoms with Gasteiger partial charge < -0.3 is 5.73 Å². The van der Waals surface area contributed by atoms with Crippen molar-refractivity contribution in [3.63, 3.8) is 0 Å². The van der Waals surface area contributed by atoms with Crippen molar-refractivity contribution in [1.29, 1.82) is 0 Å². The highest BCUT2D eigenvalue weighted by Gasteiger charge is 2.31. The van der Waals surface area contributed by atoms with E-state index in [0.29, 0.717) is 31.2 Å². The summed E-state index contributed by atoms with van der Waals surface area (Å²) in [4.78, 5) is 17.7. The van der Waals surface area contributed by atoms with Crippen LogP contribution in [0.1, 0.15) is 23.6 Å². The van der Waals surface area contributed by atoms with Gasteiger partial charge in [-0.05, 0) is 19.0 Å². The molecule has 0 spiro atoms. The van der Waals surface area contributed by atoms with E-state index in [-0.39, 0.29) is 24.0 Å². The predicted molar refractivity (Wildman–Crippen MR) is 97.0 cm³/mol. The van der Waals surface area contributed by atoms with Crippen LogP contribution in [0.4, 0.5) is 0 Å². The Kier molecular flexibility index (Phi) is 5.38. The number of hydrogen-bond donors (Lipinski definition) is 1. The third-order valence-electron chi connectivity index (χ3n) is 4.52. The summed E-state index contributed by atoms with van der Waals surface area (Å²) in [6, 6.07) is 9.80. The first-order valence-electron chi connectivity index (χ1n) is 8.48. The van der Waals surface area contributed by atoms with E-state index in [9.17, 15) is 13.2 Å². The molecule has 26 heavy (non-hydrogen) atoms. The Labute approximate surface area is 152 Å². The summed E-state index contributed by atoms with van der Waals surface area (Å²) in [7, 11) is -1.06. The van der Waals surface area contributed by atoms with Crippen molar-refractivity contribution in [1.82, 2.24) is 19.7 Å². The van der Waals surface area contributed by atoms with Gasteiger partial charge in [0.15, 0.2) is 15.7 Å². The van der Waals surface area contributed by atoms with Crippen molar-refractivity contribution in [2.24, 2.45) is 5.73 Å². The van der Waals surface area contributed by atoms with Crippen LogP contribution in [0.3, 0.4) is 0 Å². The van der Waals surface area contributed by atoms with Crippen LogP contribution in [0, 0.1) is 0 Å². The Morgan fingerprint density at radius 1 is 1.35 bits per heavy atom. The molecule has 9 heteroatoms. The van der Waals surface area contributed by atoms with Crippen LogP contribution < -0.4 is 5.73 Å². The lowest BCUT2D eigenvalue weighted by atomic mass is 10.2. The molecule has 140 valence electrons. The average Bonchev–Trinajstić information content (AvgIpc) is 3.11. The predicted octanol–water partition coefficient (Wildman–Crippen LogP) is -0.0269. The lowest BCUT2D eigenvalue weighted by Gasteiger charge is -2.22. The van der Waals surface area contributed by atoms with Crippen LogP contribution in [-0.2, 0) is 34.1 Å². The molecule has 0 radical (unpaired) electrons. The van der Waals surface area contributed by atoms with Crippen molar-refractivity contribution in [2.45, 2.75) is 32.0 Å². The van der Waals surface area contributed by atoms with E-state index >= 15 is 0 Å². The number of amides is 1. The van der Waals surface area contributed by atoms with Gasteiger partial charge >= 0.3 is 0 Å². The molecule has 1 aliphatic rings. The molecule has 8 nitrogen and oxygen atoms in total. The monoisotopic (exact) mass is 377 g/mol. The van der Waals surface area contributed by atoms with E-state index in [0.717, 1.165) is 5.56 Å². The molecule has 2 heterocycles. The molecular formula is C17H23N5O3S. The highest BCUT2D eigenvalue weighted by atomic mass is 32.2. The molecule has 1 saturated heterocycles. The topological polar surface area (TPSA) is 111 Å². The summed E-state index contributed by atoms with van der Waals surface area (Å²) >= 11 is 0. The van der Waals surface area contributed by atoms with E-state index in [1.807, 2.05) is 42.3 Å². The number of sulfone groups is 1. The molecule has 1 aromatic carbocycles. The van der Waals surface area contributed by atoms with Gasteiger partial charge in [-0.15, -0.1) is 0 Å². The van der Waals surface area contributed by atoms with Crippen LogP contribution in [-0.4, -0.2) is 58.6 Å². The average molecular weight is 377 g/mol. The standard InChI is InChI=1S/C17H23N5O3S/c1-21(14-7-8-26(24,25)12-14)11-17-19-16(9-15(18)23)20-22(17)10-13-5-3-2-4-6-13/h2-6,14H,7-12H2,1H3,(H2,18,23)/t14-/m0/s1. The van der Waals surface area contributed by atoms with Crippen molar-refractivity contribution in [2.75, 3.05) is 18.6 Å². The third-order valence-corrected chi connectivity index (χ3v) is 6.27. The van der Waals surface area contributed by atoms with E-state index in [1.165, 1.54) is 0 Å². The van der Waals surface area contributed by atoms with Gasteiger partial charge in [-0.2, -0.15) is 5.10 Å². The summed E-state index contributed by atoms with van der Waals surface area (Å²) in [5.74, 6) is 0.993. The molecule has 2 aromatic rings. The molecule has 0 aliphatic carbocycles. The Morgan fingerprint density at radius 2 is 2.08 bits per heavy atom. The van der Waals surface area contributed by atoms with Crippen LogP contribution in [0.5, 0.6) is 0 Å². The fraction of sp³-hybridized carbons (Fsp3) is 0.471. The van der Waals surface area contributed by atoms with E-state index in [1.54, 1.807) is 4.68 Å². The Balaban J connectivity index is 1.79. The quantitative estimate of drug-likeness (QED) is 0.725. The SMILES string of the molecule is CN(Cc1nc(CC(N)=O)nn1Cc1ccccc1)[C@H]1CCS(=O)(=O)C1. The Bertz CT molecular complexity index is 879. The van der Waals surface area contributed by atoms with Gasteiger partial charge in [-0.1, -0.05) is 30.3 Å². The second-order valence-electron chi connectivity index (χ2n) is 6.70. The van der Waals surface area contributed by atoms with Crippen LogP contribution in [0.2, 0.25) is 0 Å². The number of aromatic nitrogens is 3. The van der Waals surface area contributed by atoms with Crippen LogP contribution in [0.25, 0.3) is 0 Å². The highest BCUT2D eigenvalue weighted by Crippen LogP contribution is 2.18. The van der Waals surface area contributed by atoms with E-state index in [4.69, 9.17) is 5.73 Å². The molecule has 1 aliphatic heterocycles. The van der Waals surface area contributed by atoms with Gasteiger partial charge in [0.05, 0.1) is 31.0 Å². The number of rotatable bonds is 7. The van der Waals surface area contributed by atoms with Gasteiger partial charge in [0.25, 0.3) is 0 Å². The molecule has 3 rings (SSSR count). The maximum atomic E-state index is 11.7. The summed E-state index contributed by atoms with van der Waals surface area (Å²) < 4.78 is 25.2. The number of carbonyl (C=O) groups is 1. The van der Waals surface area contributed by atoms with Gasteiger partial charge in [0.1, 0.15) is 5.82 Å². The molecule has 0 saturated carbocycles. The fourth-order valence-corrected chi connectivity index (χ4v) is 4.94. The smallest absolute Gasteiger partial charge is 0.225 e. The summed E-state index contributed by atoms with van der Waals surface area (Å²) in [6.07, 6.45) is 0.607. The minimum absolute atomic E-state index is 0.0175. The van der Waals surface area contributed by atoms with Gasteiger partial charge in [0, 0.05) is 6.04 Å². The molecule has 0 bridgehead atoms. The maximum absolute atomic E-state index is 11.7. The minimum atomic E-state index is -2.95. The summed E-state index contributed by atoms with van der Waals surface area (Å²) in [5.41, 5.74) is 6.33. The number of primary amides is 1. The number of nitrogens with two attached hydrogens (primary N) is 1. The molecule has 1 amide bonds. The van der Waals surface area contributed by atoms with Crippen molar-refractivity contribution in [3.8, 4) is 0 Å². The molecule has 1 aromatic heterocycles. The second-order valence-corrected chi connectivity index (χ2v) is 8.93. The molecule has 1 fully saturated rings. The lowest BCUT2D eigenvalue weighted by Crippen LogP contribution is -2.33. The molecular weight excluding hydrogens is 354 g/mol. The first kappa shape index (κ1) is 18.5. The fourth-order valence-electron chi connectivity index (χ4n) is 3.13. The van der Waals surface area contributed by atoms with E-state index in [2.05, 4.69) is 10.1 Å². The van der Waals surface area contributed by atoms with Crippen molar-refractivity contribution < 1.29 is 13.2 Å². The normalized spacial score (nSPS) is 19.1. The Hall–Kier alpha value is -2.26. The molecule has 2 N–H and O–H groups in total. The van der Waals surface area contributed by atoms with Gasteiger partial charge in [0.2, 0.25) is 5.91 Å². The lowest BCUT2D eigenvalue weighted by molar-refractivity contribution is -0.117. The third kappa shape index (κ3) is 4.67. The number of benzene rings is 1. The van der Waals surface area contributed by atoms with Crippen LogP contribution in [0.15, 0.2) is 30.3 Å². The highest BCUT2D eigenvalue weighted by molar-refractivity contribution is 7.91. The Morgan fingerprint density at radius 3 is 2.69 bits per heavy atom. The van der Waals surface area contributed by atoms with Gasteiger partial charge in [-0.25, -0.2) is 18.1 Å². The van der Waals surface area contributed by atoms with Gasteiger partial charge in [-0.3, -0.25) is 9.69 Å². The molecule has 1 atom stereocenters. The van der Waals surface area contributed by atoms with Crippen molar-refractivity contribution in [3.05, 3.63) is 47.5 Å². The van der Waals surface area contributed by atoms with Crippen LogP contribution >= 0.6 is 0 Å². The summed E-state index contributed by atoms with van der Waals surface area (Å²) in [6.45, 7) is 0.984. The first-order valence-corrected chi connectivity index (χ1v) is 10.3. The van der Waals surface area contributed by atoms with Crippen molar-refractivity contribution >= 4 is 15.7 Å². The maximum Gasteiger partial charge on any atom is 0.225 e. The number of hydrogen-bond acceptors (Lipinski definition) is 6. The van der Waals surface area contributed by atoms with E-state index < -0.39 is 15.7 Å². The first-order chi connectivity index (χ1) is 12.3.